The number of nitrogens with zero attached hydrogens (tertiary/aromatic N) is 4. The molecule has 0 N–H and O–H groups in total. The Balaban J connectivity index is 1.87. The minimum absolute atomic E-state index is 0.0176. The first-order chi connectivity index (χ1) is 13.4. The molecule has 1 unspecified atom stereocenters. The molecule has 0 spiro atoms. The molecule has 2 aromatic rings. The second-order valence-electron chi connectivity index (χ2n) is 7.38. The normalized spacial score (nSPS) is 17.1. The summed E-state index contributed by atoms with van der Waals surface area (Å²) >= 11 is 0. The first-order valence-electron chi connectivity index (χ1n) is 9.54. The van der Waals surface area contributed by atoms with E-state index >= 15 is 0 Å². The molecule has 1 saturated heterocycles. The predicted molar refractivity (Wildman–Crippen MR) is 105 cm³/mol. The van der Waals surface area contributed by atoms with Crippen molar-refractivity contribution in [3.05, 3.63) is 40.1 Å². The number of hydrogen-bond acceptors (Lipinski definition) is 5. The highest BCUT2D eigenvalue weighted by Gasteiger charge is 2.31. The molecule has 28 heavy (non-hydrogen) atoms. The number of methoxy groups -OCH3 is 2. The number of ether oxygens (including phenoxy) is 2. The Morgan fingerprint density at radius 1 is 1.25 bits per heavy atom. The maximum Gasteiger partial charge on any atom is 0.345 e. The Labute approximate surface area is 164 Å². The number of amides is 1. The molecule has 0 aliphatic carbocycles. The molecular formula is C20H28N4O4. The van der Waals surface area contributed by atoms with E-state index in [1.165, 1.54) is 4.68 Å². The smallest absolute Gasteiger partial charge is 0.345 e. The Morgan fingerprint density at radius 3 is 2.64 bits per heavy atom. The van der Waals surface area contributed by atoms with Crippen LogP contribution in [0, 0.1) is 0 Å². The van der Waals surface area contributed by atoms with Crippen molar-refractivity contribution in [2.45, 2.75) is 38.6 Å². The summed E-state index contributed by atoms with van der Waals surface area (Å²) < 4.78 is 13.7. The third-order valence-corrected chi connectivity index (χ3v) is 5.21. The molecule has 1 aromatic heterocycles. The first kappa shape index (κ1) is 20.0. The third kappa shape index (κ3) is 3.63. The highest BCUT2D eigenvalue weighted by atomic mass is 16.5. The fourth-order valence-electron chi connectivity index (χ4n) is 3.78. The molecule has 152 valence electrons. The molecule has 3 rings (SSSR count). The summed E-state index contributed by atoms with van der Waals surface area (Å²) in [5.74, 6) is 1.82. The number of carbonyl (C=O) groups excluding carboxylic acids is 1. The Kier molecular flexibility index (Phi) is 5.76. The van der Waals surface area contributed by atoms with Crippen molar-refractivity contribution in [3.8, 4) is 11.5 Å². The lowest BCUT2D eigenvalue weighted by Gasteiger charge is -2.33. The first-order valence-corrected chi connectivity index (χ1v) is 9.54. The molecule has 1 amide bonds. The van der Waals surface area contributed by atoms with Gasteiger partial charge in [0.1, 0.15) is 17.3 Å². The van der Waals surface area contributed by atoms with Crippen molar-refractivity contribution < 1.29 is 14.3 Å². The van der Waals surface area contributed by atoms with E-state index in [4.69, 9.17) is 9.47 Å². The molecule has 1 aliphatic rings. The second-order valence-corrected chi connectivity index (χ2v) is 7.38. The number of benzene rings is 1. The lowest BCUT2D eigenvalue weighted by atomic mass is 9.96. The van der Waals surface area contributed by atoms with Crippen molar-refractivity contribution in [2.24, 2.45) is 7.05 Å². The number of piperidine rings is 1. The van der Waals surface area contributed by atoms with Gasteiger partial charge in [-0.25, -0.2) is 9.48 Å². The van der Waals surface area contributed by atoms with Crippen LogP contribution in [0.2, 0.25) is 0 Å². The third-order valence-electron chi connectivity index (χ3n) is 5.21. The van der Waals surface area contributed by atoms with E-state index in [0.717, 1.165) is 18.7 Å². The highest BCUT2D eigenvalue weighted by molar-refractivity contribution is 5.97. The van der Waals surface area contributed by atoms with Crippen LogP contribution in [-0.2, 0) is 7.05 Å². The van der Waals surface area contributed by atoms with E-state index in [-0.39, 0.29) is 23.6 Å². The van der Waals surface area contributed by atoms with Gasteiger partial charge < -0.3 is 14.4 Å². The average molecular weight is 388 g/mol. The van der Waals surface area contributed by atoms with Crippen LogP contribution in [0.4, 0.5) is 0 Å². The van der Waals surface area contributed by atoms with Crippen LogP contribution < -0.4 is 15.2 Å². The molecule has 8 nitrogen and oxygen atoms in total. The van der Waals surface area contributed by atoms with E-state index in [1.807, 2.05) is 18.7 Å². The van der Waals surface area contributed by atoms with Gasteiger partial charge in [-0.1, -0.05) is 0 Å². The Bertz CT molecular complexity index is 915. The average Bonchev–Trinajstić information content (AvgIpc) is 3.01. The molecule has 1 atom stereocenters. The maximum absolute atomic E-state index is 13.2. The topological polar surface area (TPSA) is 78.6 Å². The lowest BCUT2D eigenvalue weighted by Crippen LogP contribution is -2.40. The van der Waals surface area contributed by atoms with Crippen molar-refractivity contribution in [2.75, 3.05) is 27.3 Å². The van der Waals surface area contributed by atoms with E-state index in [9.17, 15) is 9.59 Å². The zero-order chi connectivity index (χ0) is 20.4. The van der Waals surface area contributed by atoms with Gasteiger partial charge in [-0.3, -0.25) is 9.36 Å². The van der Waals surface area contributed by atoms with Crippen molar-refractivity contribution in [1.82, 2.24) is 19.2 Å². The Hall–Kier alpha value is -2.77. The van der Waals surface area contributed by atoms with Crippen molar-refractivity contribution in [1.29, 1.82) is 0 Å². The number of hydrogen-bond donors (Lipinski definition) is 0. The lowest BCUT2D eigenvalue weighted by molar-refractivity contribution is 0.0699. The van der Waals surface area contributed by atoms with Crippen LogP contribution in [0.5, 0.6) is 11.5 Å². The molecule has 1 fully saturated rings. The minimum Gasteiger partial charge on any atom is -0.497 e. The van der Waals surface area contributed by atoms with Gasteiger partial charge >= 0.3 is 5.69 Å². The molecule has 8 heteroatoms. The van der Waals surface area contributed by atoms with Crippen LogP contribution in [0.25, 0.3) is 0 Å². The summed E-state index contributed by atoms with van der Waals surface area (Å²) in [4.78, 5) is 27.4. The van der Waals surface area contributed by atoms with E-state index in [1.54, 1.807) is 44.0 Å². The summed E-state index contributed by atoms with van der Waals surface area (Å²) in [5.41, 5.74) is 0.386. The van der Waals surface area contributed by atoms with Gasteiger partial charge in [0.25, 0.3) is 5.91 Å². The zero-order valence-electron chi connectivity index (χ0n) is 17.1. The summed E-state index contributed by atoms with van der Waals surface area (Å²) in [5, 5.41) is 4.47. The largest absolute Gasteiger partial charge is 0.497 e. The summed E-state index contributed by atoms with van der Waals surface area (Å²) in [6.45, 7) is 5.14. The van der Waals surface area contributed by atoms with Gasteiger partial charge in [0.2, 0.25) is 0 Å². The van der Waals surface area contributed by atoms with E-state index in [2.05, 4.69) is 5.10 Å². The maximum atomic E-state index is 13.2. The summed E-state index contributed by atoms with van der Waals surface area (Å²) in [7, 11) is 4.78. The number of rotatable bonds is 5. The molecule has 2 heterocycles. The fourth-order valence-corrected chi connectivity index (χ4v) is 3.78. The van der Waals surface area contributed by atoms with Crippen LogP contribution in [0.1, 0.15) is 54.8 Å². The van der Waals surface area contributed by atoms with Crippen molar-refractivity contribution >= 4 is 5.91 Å². The quantitative estimate of drug-likeness (QED) is 0.785. The van der Waals surface area contributed by atoms with Gasteiger partial charge in [-0.05, 0) is 38.8 Å². The summed E-state index contributed by atoms with van der Waals surface area (Å²) in [6, 6.07) is 5.22. The summed E-state index contributed by atoms with van der Waals surface area (Å²) in [6.07, 6.45) is 1.75. The van der Waals surface area contributed by atoms with Crippen LogP contribution >= 0.6 is 0 Å². The molecule has 0 radical (unpaired) electrons. The SMILES string of the molecule is COc1ccc(C(=O)N2CCCC(c3nn(C)c(=O)n3C(C)C)C2)c(OC)c1. The molecule has 0 bridgehead atoms. The van der Waals surface area contributed by atoms with E-state index < -0.39 is 0 Å². The van der Waals surface area contributed by atoms with Gasteiger partial charge in [-0.15, -0.1) is 0 Å². The highest BCUT2D eigenvalue weighted by Crippen LogP contribution is 2.30. The minimum atomic E-state index is -0.120. The van der Waals surface area contributed by atoms with Crippen molar-refractivity contribution in [3.63, 3.8) is 0 Å². The van der Waals surface area contributed by atoms with Crippen LogP contribution in [0.15, 0.2) is 23.0 Å². The standard InChI is InChI=1S/C20H28N4O4/c1-13(2)24-18(21-22(3)20(24)26)14-7-6-10-23(12-14)19(25)16-9-8-15(27-4)11-17(16)28-5/h8-9,11,13-14H,6-7,10,12H2,1-5H3. The fraction of sp³-hybridized carbons (Fsp3) is 0.550. The number of carbonyl (C=O) groups is 1. The number of likely N-dealkylation sites (tertiary alicyclic amines) is 1. The number of aromatic nitrogens is 3. The van der Waals surface area contributed by atoms with E-state index in [0.29, 0.717) is 30.2 Å². The Morgan fingerprint density at radius 2 is 2.00 bits per heavy atom. The van der Waals surface area contributed by atoms with Gasteiger partial charge in [0, 0.05) is 38.2 Å². The monoisotopic (exact) mass is 388 g/mol. The zero-order valence-corrected chi connectivity index (χ0v) is 17.1. The van der Waals surface area contributed by atoms with Crippen LogP contribution in [0.3, 0.4) is 0 Å². The molecule has 0 saturated carbocycles. The van der Waals surface area contributed by atoms with Gasteiger partial charge in [0.15, 0.2) is 0 Å². The number of aryl methyl sites for hydroxylation is 1. The predicted octanol–water partition coefficient (Wildman–Crippen LogP) is 2.20. The van der Waals surface area contributed by atoms with Gasteiger partial charge in [-0.2, -0.15) is 5.10 Å². The second kappa shape index (κ2) is 8.08. The molecule has 1 aromatic carbocycles. The molecular weight excluding hydrogens is 360 g/mol. The molecule has 1 aliphatic heterocycles. The van der Waals surface area contributed by atoms with Crippen LogP contribution in [-0.4, -0.2) is 52.5 Å². The van der Waals surface area contributed by atoms with Gasteiger partial charge in [0.05, 0.1) is 19.8 Å².